The van der Waals surface area contributed by atoms with Crippen LogP contribution < -0.4 is 0 Å². The molecule has 1 fully saturated rings. The molecule has 25 heavy (non-hydrogen) atoms. The van der Waals surface area contributed by atoms with Crippen molar-refractivity contribution in [3.63, 3.8) is 0 Å². The minimum absolute atomic E-state index is 0.0716. The molecule has 128 valence electrons. The lowest BCUT2D eigenvalue weighted by Crippen LogP contribution is -2.37. The van der Waals surface area contributed by atoms with Crippen LogP contribution in [-0.4, -0.2) is 44.0 Å². The third-order valence-electron chi connectivity index (χ3n) is 4.68. The van der Waals surface area contributed by atoms with Gasteiger partial charge in [0, 0.05) is 36.6 Å². The summed E-state index contributed by atoms with van der Waals surface area (Å²) >= 11 is 6.02. The minimum atomic E-state index is -0.917. The lowest BCUT2D eigenvalue weighted by molar-refractivity contribution is 0.0445. The molecule has 1 saturated heterocycles. The van der Waals surface area contributed by atoms with Gasteiger partial charge in [0.25, 0.3) is 5.91 Å². The van der Waals surface area contributed by atoms with Crippen molar-refractivity contribution in [2.75, 3.05) is 13.1 Å². The van der Waals surface area contributed by atoms with Gasteiger partial charge in [0.2, 0.25) is 0 Å². The normalized spacial score (nSPS) is 20.3. The second-order valence-corrected chi connectivity index (χ2v) is 7.05. The Balaban J connectivity index is 1.50. The SMILES string of the molecule is O=C(c1ccc2nccn2c1)N1CCC(O)(Cc2cccc(Cl)c2)C1. The van der Waals surface area contributed by atoms with Gasteiger partial charge in [-0.15, -0.1) is 0 Å². The number of β-amino-alcohol motifs (C(OH)–C–C–N with tert-alkyl or cyclic N) is 1. The van der Waals surface area contributed by atoms with Crippen molar-refractivity contribution in [1.82, 2.24) is 14.3 Å². The Bertz CT molecular complexity index is 939. The number of hydrogen-bond acceptors (Lipinski definition) is 3. The van der Waals surface area contributed by atoms with Crippen LogP contribution >= 0.6 is 11.6 Å². The summed E-state index contributed by atoms with van der Waals surface area (Å²) in [6.07, 6.45) is 6.32. The van der Waals surface area contributed by atoms with Gasteiger partial charge in [-0.3, -0.25) is 4.79 Å². The first-order chi connectivity index (χ1) is 12.0. The monoisotopic (exact) mass is 355 g/mol. The van der Waals surface area contributed by atoms with E-state index in [1.54, 1.807) is 23.4 Å². The van der Waals surface area contributed by atoms with Crippen LogP contribution in [0.3, 0.4) is 0 Å². The van der Waals surface area contributed by atoms with Crippen molar-refractivity contribution in [2.45, 2.75) is 18.4 Å². The first-order valence-electron chi connectivity index (χ1n) is 8.21. The number of amides is 1. The van der Waals surface area contributed by atoms with E-state index >= 15 is 0 Å². The Labute approximate surface area is 150 Å². The molecule has 1 aliphatic rings. The molecular formula is C19H18ClN3O2. The highest BCUT2D eigenvalue weighted by Gasteiger charge is 2.38. The van der Waals surface area contributed by atoms with Crippen molar-refractivity contribution in [1.29, 1.82) is 0 Å². The number of aromatic nitrogens is 2. The fourth-order valence-corrected chi connectivity index (χ4v) is 3.64. The van der Waals surface area contributed by atoms with Gasteiger partial charge in [0.15, 0.2) is 0 Å². The average Bonchev–Trinajstić information content (AvgIpc) is 3.20. The lowest BCUT2D eigenvalue weighted by Gasteiger charge is -2.23. The highest BCUT2D eigenvalue weighted by Crippen LogP contribution is 2.27. The summed E-state index contributed by atoms with van der Waals surface area (Å²) in [5, 5.41) is 11.5. The Hall–Kier alpha value is -2.37. The van der Waals surface area contributed by atoms with Gasteiger partial charge < -0.3 is 14.4 Å². The molecular weight excluding hydrogens is 338 g/mol. The Kier molecular flexibility index (Phi) is 3.98. The van der Waals surface area contributed by atoms with E-state index in [0.717, 1.165) is 11.2 Å². The van der Waals surface area contributed by atoms with Crippen molar-refractivity contribution >= 4 is 23.2 Å². The van der Waals surface area contributed by atoms with Crippen molar-refractivity contribution in [2.24, 2.45) is 0 Å². The summed E-state index contributed by atoms with van der Waals surface area (Å²) < 4.78 is 1.82. The molecule has 1 N–H and O–H groups in total. The zero-order chi connectivity index (χ0) is 17.4. The molecule has 6 heteroatoms. The number of rotatable bonds is 3. The number of carbonyl (C=O) groups excluding carboxylic acids is 1. The summed E-state index contributed by atoms with van der Waals surface area (Å²) in [5.41, 5.74) is 1.46. The molecule has 3 heterocycles. The number of hydrogen-bond donors (Lipinski definition) is 1. The largest absolute Gasteiger partial charge is 0.388 e. The summed E-state index contributed by atoms with van der Waals surface area (Å²) in [6, 6.07) is 11.1. The summed E-state index contributed by atoms with van der Waals surface area (Å²) in [6.45, 7) is 0.859. The molecule has 1 aliphatic heterocycles. The first-order valence-corrected chi connectivity index (χ1v) is 8.59. The van der Waals surface area contributed by atoms with Gasteiger partial charge in [-0.25, -0.2) is 4.98 Å². The lowest BCUT2D eigenvalue weighted by atomic mass is 9.94. The predicted molar refractivity (Wildman–Crippen MR) is 95.8 cm³/mol. The van der Waals surface area contributed by atoms with E-state index in [1.165, 1.54) is 0 Å². The molecule has 5 nitrogen and oxygen atoms in total. The van der Waals surface area contributed by atoms with Gasteiger partial charge in [0.1, 0.15) is 5.65 Å². The van der Waals surface area contributed by atoms with E-state index in [2.05, 4.69) is 4.98 Å². The number of fused-ring (bicyclic) bond motifs is 1. The zero-order valence-electron chi connectivity index (χ0n) is 13.6. The Morgan fingerprint density at radius 2 is 2.20 bits per heavy atom. The van der Waals surface area contributed by atoms with E-state index in [-0.39, 0.29) is 5.91 Å². The summed E-state index contributed by atoms with van der Waals surface area (Å²) in [5.74, 6) is -0.0716. The van der Waals surface area contributed by atoms with Crippen molar-refractivity contribution < 1.29 is 9.90 Å². The maximum Gasteiger partial charge on any atom is 0.255 e. The fourth-order valence-electron chi connectivity index (χ4n) is 3.43. The van der Waals surface area contributed by atoms with E-state index in [0.29, 0.717) is 36.5 Å². The number of carbonyl (C=O) groups is 1. The third-order valence-corrected chi connectivity index (χ3v) is 4.91. The molecule has 1 aromatic carbocycles. The van der Waals surface area contributed by atoms with Crippen LogP contribution in [0.2, 0.25) is 5.02 Å². The molecule has 1 amide bonds. The smallest absolute Gasteiger partial charge is 0.255 e. The highest BCUT2D eigenvalue weighted by atomic mass is 35.5. The highest BCUT2D eigenvalue weighted by molar-refractivity contribution is 6.30. The van der Waals surface area contributed by atoms with Crippen LogP contribution in [0.4, 0.5) is 0 Å². The molecule has 1 unspecified atom stereocenters. The number of nitrogens with zero attached hydrogens (tertiary/aromatic N) is 3. The number of imidazole rings is 1. The van der Waals surface area contributed by atoms with Gasteiger partial charge >= 0.3 is 0 Å². The standard InChI is InChI=1S/C19H18ClN3O2/c20-16-3-1-2-14(10-16)11-19(25)6-8-23(13-19)18(24)15-4-5-17-21-7-9-22(17)12-15/h1-5,7,9-10,12,25H,6,8,11,13H2. The molecule has 1 atom stereocenters. The van der Waals surface area contributed by atoms with E-state index in [9.17, 15) is 9.90 Å². The van der Waals surface area contributed by atoms with Crippen molar-refractivity contribution in [3.8, 4) is 0 Å². The van der Waals surface area contributed by atoms with Crippen LogP contribution in [-0.2, 0) is 6.42 Å². The third kappa shape index (κ3) is 3.25. The van der Waals surface area contributed by atoms with Crippen LogP contribution in [0.1, 0.15) is 22.3 Å². The maximum atomic E-state index is 12.8. The molecule has 3 aromatic rings. The quantitative estimate of drug-likeness (QED) is 0.786. The van der Waals surface area contributed by atoms with Gasteiger partial charge in [-0.05, 0) is 36.2 Å². The van der Waals surface area contributed by atoms with Crippen LogP contribution in [0.15, 0.2) is 55.0 Å². The second kappa shape index (κ2) is 6.17. The van der Waals surface area contributed by atoms with E-state index in [4.69, 9.17) is 11.6 Å². The number of halogens is 1. The fraction of sp³-hybridized carbons (Fsp3) is 0.263. The number of benzene rings is 1. The minimum Gasteiger partial charge on any atom is -0.388 e. The average molecular weight is 356 g/mol. The zero-order valence-corrected chi connectivity index (χ0v) is 14.4. The molecule has 0 spiro atoms. The number of likely N-dealkylation sites (tertiary alicyclic amines) is 1. The van der Waals surface area contributed by atoms with Crippen LogP contribution in [0.5, 0.6) is 0 Å². The predicted octanol–water partition coefficient (Wildman–Crippen LogP) is 2.81. The van der Waals surface area contributed by atoms with Gasteiger partial charge in [-0.2, -0.15) is 0 Å². The topological polar surface area (TPSA) is 57.8 Å². The molecule has 0 saturated carbocycles. The molecule has 2 aromatic heterocycles. The van der Waals surface area contributed by atoms with E-state index in [1.807, 2.05) is 40.9 Å². The van der Waals surface area contributed by atoms with Crippen molar-refractivity contribution in [3.05, 3.63) is 71.1 Å². The van der Waals surface area contributed by atoms with Crippen LogP contribution in [0, 0.1) is 0 Å². The molecule has 0 bridgehead atoms. The number of pyridine rings is 1. The summed E-state index contributed by atoms with van der Waals surface area (Å²) in [4.78, 5) is 18.7. The first kappa shape index (κ1) is 16.1. The molecule has 0 radical (unpaired) electrons. The van der Waals surface area contributed by atoms with Crippen LogP contribution in [0.25, 0.3) is 5.65 Å². The summed E-state index contributed by atoms with van der Waals surface area (Å²) in [7, 11) is 0. The Morgan fingerprint density at radius 1 is 1.32 bits per heavy atom. The number of aliphatic hydroxyl groups is 1. The Morgan fingerprint density at radius 3 is 3.04 bits per heavy atom. The maximum absolute atomic E-state index is 12.8. The van der Waals surface area contributed by atoms with Gasteiger partial charge in [0.05, 0.1) is 17.7 Å². The van der Waals surface area contributed by atoms with Gasteiger partial charge in [-0.1, -0.05) is 23.7 Å². The molecule has 0 aliphatic carbocycles. The van der Waals surface area contributed by atoms with E-state index < -0.39 is 5.60 Å². The second-order valence-electron chi connectivity index (χ2n) is 6.62. The molecule has 4 rings (SSSR count).